The highest BCUT2D eigenvalue weighted by molar-refractivity contribution is 6.33. The minimum absolute atomic E-state index is 0.343. The Morgan fingerprint density at radius 3 is 2.33 bits per heavy atom. The Hall–Kier alpha value is -1.42. The molecule has 0 spiro atoms. The SMILES string of the molecule is OC1(c2ccc(-c3ccc(F)cc3Cl)cc2)CCNCC1. The summed E-state index contributed by atoms with van der Waals surface area (Å²) in [4.78, 5) is 0. The Kier molecular flexibility index (Phi) is 3.98. The summed E-state index contributed by atoms with van der Waals surface area (Å²) in [6.07, 6.45) is 1.42. The van der Waals surface area contributed by atoms with Crippen molar-refractivity contribution in [1.29, 1.82) is 0 Å². The minimum Gasteiger partial charge on any atom is -0.385 e. The first-order valence-corrected chi connectivity index (χ1v) is 7.45. The van der Waals surface area contributed by atoms with Gasteiger partial charge in [-0.3, -0.25) is 0 Å². The quantitative estimate of drug-likeness (QED) is 0.886. The fraction of sp³-hybridized carbons (Fsp3) is 0.294. The van der Waals surface area contributed by atoms with Gasteiger partial charge in [-0.2, -0.15) is 0 Å². The number of halogens is 2. The normalized spacial score (nSPS) is 17.7. The molecule has 0 atom stereocenters. The highest BCUT2D eigenvalue weighted by atomic mass is 35.5. The second kappa shape index (κ2) is 5.76. The molecule has 4 heteroatoms. The van der Waals surface area contributed by atoms with Gasteiger partial charge in [-0.1, -0.05) is 35.9 Å². The maximum Gasteiger partial charge on any atom is 0.124 e. The van der Waals surface area contributed by atoms with E-state index in [4.69, 9.17) is 11.6 Å². The highest BCUT2D eigenvalue weighted by Gasteiger charge is 2.30. The van der Waals surface area contributed by atoms with E-state index in [1.165, 1.54) is 12.1 Å². The van der Waals surface area contributed by atoms with Crippen molar-refractivity contribution in [3.05, 3.63) is 58.9 Å². The minimum atomic E-state index is -0.754. The lowest BCUT2D eigenvalue weighted by Crippen LogP contribution is -2.39. The molecule has 0 radical (unpaired) electrons. The third-order valence-electron chi connectivity index (χ3n) is 4.10. The molecule has 2 nitrogen and oxygen atoms in total. The topological polar surface area (TPSA) is 32.3 Å². The van der Waals surface area contributed by atoms with E-state index in [1.807, 2.05) is 24.3 Å². The number of rotatable bonds is 2. The lowest BCUT2D eigenvalue weighted by atomic mass is 9.84. The first-order chi connectivity index (χ1) is 10.1. The van der Waals surface area contributed by atoms with E-state index in [1.54, 1.807) is 6.07 Å². The average molecular weight is 306 g/mol. The number of hydrogen-bond donors (Lipinski definition) is 2. The molecule has 1 saturated heterocycles. The summed E-state index contributed by atoms with van der Waals surface area (Å²) in [6.45, 7) is 1.64. The van der Waals surface area contributed by atoms with Crippen LogP contribution in [0.1, 0.15) is 18.4 Å². The third kappa shape index (κ3) is 2.95. The monoisotopic (exact) mass is 305 g/mol. The van der Waals surface area contributed by atoms with E-state index >= 15 is 0 Å². The smallest absolute Gasteiger partial charge is 0.124 e. The van der Waals surface area contributed by atoms with Crippen LogP contribution in [0.2, 0.25) is 5.02 Å². The van der Waals surface area contributed by atoms with Crippen LogP contribution in [0.15, 0.2) is 42.5 Å². The zero-order chi connectivity index (χ0) is 14.9. The van der Waals surface area contributed by atoms with Crippen molar-refractivity contribution in [2.45, 2.75) is 18.4 Å². The zero-order valence-corrected chi connectivity index (χ0v) is 12.3. The Balaban J connectivity index is 1.90. The fourth-order valence-corrected chi connectivity index (χ4v) is 3.09. The van der Waals surface area contributed by atoms with Crippen molar-refractivity contribution >= 4 is 11.6 Å². The fourth-order valence-electron chi connectivity index (χ4n) is 2.81. The van der Waals surface area contributed by atoms with Gasteiger partial charge in [0.05, 0.1) is 10.6 Å². The van der Waals surface area contributed by atoms with Crippen LogP contribution in [0.4, 0.5) is 4.39 Å². The predicted molar refractivity (Wildman–Crippen MR) is 82.8 cm³/mol. The summed E-state index contributed by atoms with van der Waals surface area (Å²) < 4.78 is 13.1. The van der Waals surface area contributed by atoms with Crippen LogP contribution in [0.25, 0.3) is 11.1 Å². The van der Waals surface area contributed by atoms with Crippen LogP contribution < -0.4 is 5.32 Å². The van der Waals surface area contributed by atoms with Gasteiger partial charge in [0.25, 0.3) is 0 Å². The molecule has 3 rings (SSSR count). The zero-order valence-electron chi connectivity index (χ0n) is 11.6. The number of benzene rings is 2. The van der Waals surface area contributed by atoms with Crippen LogP contribution in [-0.4, -0.2) is 18.2 Å². The van der Waals surface area contributed by atoms with Gasteiger partial charge in [0.15, 0.2) is 0 Å². The number of hydrogen-bond acceptors (Lipinski definition) is 2. The molecule has 0 aliphatic carbocycles. The molecule has 0 saturated carbocycles. The maximum atomic E-state index is 13.1. The van der Waals surface area contributed by atoms with Crippen LogP contribution >= 0.6 is 11.6 Å². The van der Waals surface area contributed by atoms with Gasteiger partial charge >= 0.3 is 0 Å². The molecule has 1 fully saturated rings. The van der Waals surface area contributed by atoms with Crippen molar-refractivity contribution < 1.29 is 9.50 Å². The van der Waals surface area contributed by atoms with Gasteiger partial charge in [-0.15, -0.1) is 0 Å². The standard InChI is InChI=1S/C17H17ClFNO/c18-16-11-14(19)5-6-15(16)12-1-3-13(4-2-12)17(21)7-9-20-10-8-17/h1-6,11,20-21H,7-10H2. The van der Waals surface area contributed by atoms with Gasteiger partial charge in [0.1, 0.15) is 5.82 Å². The van der Waals surface area contributed by atoms with Crippen molar-refractivity contribution in [2.75, 3.05) is 13.1 Å². The molecule has 1 heterocycles. The third-order valence-corrected chi connectivity index (χ3v) is 4.41. The van der Waals surface area contributed by atoms with Gasteiger partial charge in [0.2, 0.25) is 0 Å². The molecular weight excluding hydrogens is 289 g/mol. The molecule has 2 aromatic carbocycles. The maximum absolute atomic E-state index is 13.1. The van der Waals surface area contributed by atoms with E-state index in [2.05, 4.69) is 5.32 Å². The van der Waals surface area contributed by atoms with Crippen LogP contribution in [-0.2, 0) is 5.60 Å². The van der Waals surface area contributed by atoms with E-state index < -0.39 is 5.60 Å². The van der Waals surface area contributed by atoms with Crippen molar-refractivity contribution in [2.24, 2.45) is 0 Å². The molecule has 0 aromatic heterocycles. The van der Waals surface area contributed by atoms with Crippen molar-refractivity contribution in [1.82, 2.24) is 5.32 Å². The molecule has 2 aromatic rings. The van der Waals surface area contributed by atoms with Gasteiger partial charge < -0.3 is 10.4 Å². The number of aliphatic hydroxyl groups is 1. The second-order valence-electron chi connectivity index (χ2n) is 5.48. The van der Waals surface area contributed by atoms with E-state index in [9.17, 15) is 9.50 Å². The molecular formula is C17H17ClFNO. The van der Waals surface area contributed by atoms with Gasteiger partial charge in [0, 0.05) is 5.56 Å². The van der Waals surface area contributed by atoms with Gasteiger partial charge in [-0.05, 0) is 55.3 Å². The molecule has 1 aliphatic rings. The Bertz CT molecular complexity index is 636. The number of nitrogens with one attached hydrogen (secondary N) is 1. The van der Waals surface area contributed by atoms with Crippen molar-refractivity contribution in [3.63, 3.8) is 0 Å². The summed E-state index contributed by atoms with van der Waals surface area (Å²) in [6, 6.07) is 12.1. The lowest BCUT2D eigenvalue weighted by Gasteiger charge is -2.33. The Labute approximate surface area is 128 Å². The summed E-state index contributed by atoms with van der Waals surface area (Å²) in [5.41, 5.74) is 1.88. The molecule has 0 amide bonds. The van der Waals surface area contributed by atoms with Crippen LogP contribution in [0, 0.1) is 5.82 Å². The lowest BCUT2D eigenvalue weighted by molar-refractivity contribution is 0.00595. The van der Waals surface area contributed by atoms with Gasteiger partial charge in [-0.25, -0.2) is 4.39 Å². The molecule has 0 bridgehead atoms. The summed E-state index contributed by atoms with van der Waals surface area (Å²) in [7, 11) is 0. The molecule has 0 unspecified atom stereocenters. The summed E-state index contributed by atoms with van der Waals surface area (Å²) in [5.74, 6) is -0.343. The molecule has 1 aliphatic heterocycles. The summed E-state index contributed by atoms with van der Waals surface area (Å²) in [5, 5.41) is 14.3. The van der Waals surface area contributed by atoms with Crippen molar-refractivity contribution in [3.8, 4) is 11.1 Å². The van der Waals surface area contributed by atoms with Crippen LogP contribution in [0.5, 0.6) is 0 Å². The molecule has 2 N–H and O–H groups in total. The first-order valence-electron chi connectivity index (χ1n) is 7.08. The Morgan fingerprint density at radius 2 is 1.71 bits per heavy atom. The average Bonchev–Trinajstić information content (AvgIpc) is 2.48. The summed E-state index contributed by atoms with van der Waals surface area (Å²) >= 11 is 6.08. The largest absolute Gasteiger partial charge is 0.385 e. The predicted octanol–water partition coefficient (Wildman–Crippen LogP) is 3.72. The first kappa shape index (κ1) is 14.5. The Morgan fingerprint density at radius 1 is 1.05 bits per heavy atom. The van der Waals surface area contributed by atoms with Crippen LogP contribution in [0.3, 0.4) is 0 Å². The molecule has 110 valence electrons. The number of piperidine rings is 1. The van der Waals surface area contributed by atoms with E-state index in [0.29, 0.717) is 17.9 Å². The highest BCUT2D eigenvalue weighted by Crippen LogP contribution is 2.33. The van der Waals surface area contributed by atoms with E-state index in [-0.39, 0.29) is 5.82 Å². The van der Waals surface area contributed by atoms with E-state index in [0.717, 1.165) is 29.8 Å². The molecule has 21 heavy (non-hydrogen) atoms. The second-order valence-corrected chi connectivity index (χ2v) is 5.89.